The largest absolute Gasteiger partial charge is 0.387 e. The van der Waals surface area contributed by atoms with Crippen LogP contribution in [0.15, 0.2) is 0 Å². The molecule has 1 N–H and O–H groups in total. The predicted octanol–water partition coefficient (Wildman–Crippen LogP) is 1.02. The van der Waals surface area contributed by atoms with Gasteiger partial charge < -0.3 is 5.11 Å². The number of hydrogen-bond donors (Lipinski definition) is 1. The summed E-state index contributed by atoms with van der Waals surface area (Å²) >= 11 is 0. The number of alkyl halides is 2. The predicted molar refractivity (Wildman–Crippen MR) is 22.3 cm³/mol. The van der Waals surface area contributed by atoms with Gasteiger partial charge >= 0.3 is 0 Å². The van der Waals surface area contributed by atoms with Gasteiger partial charge in [-0.3, -0.25) is 0 Å². The van der Waals surface area contributed by atoms with Gasteiger partial charge in [0.05, 0.1) is 0 Å². The highest BCUT2D eigenvalue weighted by atomic mass is 19.3. The average Bonchev–Trinajstić information content (AvgIpc) is 1.31. The maximum atomic E-state index is 11.6. The lowest BCUT2D eigenvalue weighted by Gasteiger charge is -2.11. The van der Waals surface area contributed by atoms with E-state index in [9.17, 15) is 8.78 Å². The van der Waals surface area contributed by atoms with Crippen LogP contribution in [0, 0.1) is 0 Å². The minimum atomic E-state index is -2.94. The Morgan fingerprint density at radius 3 is 1.71 bits per heavy atom. The third-order valence-corrected chi connectivity index (χ3v) is 0.734. The summed E-state index contributed by atoms with van der Waals surface area (Å²) in [4.78, 5) is 0. The zero-order valence-electron chi connectivity index (χ0n) is 4.28. The Morgan fingerprint density at radius 2 is 1.71 bits per heavy atom. The Kier molecular flexibility index (Phi) is 1.69. The van der Waals surface area contributed by atoms with Gasteiger partial charge in [0.1, 0.15) is 6.10 Å². The molecule has 0 heterocycles. The quantitative estimate of drug-likeness (QED) is 0.534. The number of rotatable bonds is 1. The highest BCUT2D eigenvalue weighted by molar-refractivity contribution is 4.63. The van der Waals surface area contributed by atoms with Crippen molar-refractivity contribution in [3.8, 4) is 0 Å². The first-order valence-electron chi connectivity index (χ1n) is 2.00. The molecule has 0 saturated heterocycles. The summed E-state index contributed by atoms with van der Waals surface area (Å²) in [6, 6.07) is 0. The van der Waals surface area contributed by atoms with Gasteiger partial charge in [-0.15, -0.1) is 0 Å². The van der Waals surface area contributed by atoms with Gasteiger partial charge in [0.2, 0.25) is 0 Å². The molecule has 0 bridgehead atoms. The molecule has 1 atom stereocenters. The van der Waals surface area contributed by atoms with Crippen LogP contribution < -0.4 is 0 Å². The van der Waals surface area contributed by atoms with Crippen molar-refractivity contribution in [2.45, 2.75) is 25.9 Å². The number of hydrogen-bond acceptors (Lipinski definition) is 1. The van der Waals surface area contributed by atoms with Crippen molar-refractivity contribution < 1.29 is 13.9 Å². The van der Waals surface area contributed by atoms with E-state index < -0.39 is 12.0 Å². The van der Waals surface area contributed by atoms with E-state index in [2.05, 4.69) is 0 Å². The van der Waals surface area contributed by atoms with Gasteiger partial charge in [-0.2, -0.15) is 0 Å². The van der Waals surface area contributed by atoms with Gasteiger partial charge in [-0.1, -0.05) is 0 Å². The van der Waals surface area contributed by atoms with E-state index in [1.807, 2.05) is 0 Å². The Hall–Kier alpha value is -0.180. The van der Waals surface area contributed by atoms with Gasteiger partial charge in [0.25, 0.3) is 5.92 Å². The second-order valence-corrected chi connectivity index (χ2v) is 1.63. The Labute approximate surface area is 41.0 Å². The first kappa shape index (κ1) is 6.82. The smallest absolute Gasteiger partial charge is 0.270 e. The van der Waals surface area contributed by atoms with Crippen LogP contribution in [0.4, 0.5) is 8.78 Å². The fraction of sp³-hybridized carbons (Fsp3) is 1.00. The fourth-order valence-corrected chi connectivity index (χ4v) is 0. The van der Waals surface area contributed by atoms with Crippen molar-refractivity contribution >= 4 is 0 Å². The van der Waals surface area contributed by atoms with E-state index >= 15 is 0 Å². The second-order valence-electron chi connectivity index (χ2n) is 1.63. The first-order chi connectivity index (χ1) is 2.94. The highest BCUT2D eigenvalue weighted by Gasteiger charge is 2.27. The molecule has 0 spiro atoms. The Balaban J connectivity index is 3.54. The molecular weight excluding hydrogens is 102 g/mol. The molecule has 0 amide bonds. The summed E-state index contributed by atoms with van der Waals surface area (Å²) in [7, 11) is 0. The van der Waals surface area contributed by atoms with Crippen LogP contribution in [-0.4, -0.2) is 17.1 Å². The lowest BCUT2D eigenvalue weighted by molar-refractivity contribution is -0.0838. The van der Waals surface area contributed by atoms with E-state index in [0.29, 0.717) is 6.92 Å². The normalized spacial score (nSPS) is 16.7. The molecule has 0 rings (SSSR count). The van der Waals surface area contributed by atoms with E-state index in [1.165, 1.54) is 0 Å². The molecule has 0 aliphatic carbocycles. The molecule has 7 heavy (non-hydrogen) atoms. The van der Waals surface area contributed by atoms with E-state index in [-0.39, 0.29) is 0 Å². The molecule has 44 valence electrons. The highest BCUT2D eigenvalue weighted by Crippen LogP contribution is 2.15. The summed E-state index contributed by atoms with van der Waals surface area (Å²) in [5.41, 5.74) is 0. The maximum absolute atomic E-state index is 11.6. The van der Waals surface area contributed by atoms with Crippen molar-refractivity contribution in [1.29, 1.82) is 0 Å². The zero-order valence-corrected chi connectivity index (χ0v) is 4.28. The molecular formula is C4H8F2O. The van der Waals surface area contributed by atoms with Crippen molar-refractivity contribution in [1.82, 2.24) is 0 Å². The van der Waals surface area contributed by atoms with Gasteiger partial charge in [0, 0.05) is 6.92 Å². The Bertz CT molecular complexity index is 55.2. The third kappa shape index (κ3) is 2.51. The number of aliphatic hydroxyl groups excluding tert-OH is 1. The van der Waals surface area contributed by atoms with Gasteiger partial charge in [-0.25, -0.2) is 8.78 Å². The van der Waals surface area contributed by atoms with Crippen LogP contribution in [0.3, 0.4) is 0 Å². The van der Waals surface area contributed by atoms with E-state index in [0.717, 1.165) is 6.92 Å². The van der Waals surface area contributed by atoms with Gasteiger partial charge in [0.15, 0.2) is 0 Å². The standard InChI is InChI=1S/C4H8F2O/c1-3(7)4(2,5)6/h3,7H,1-2H3/t3-/m0/s1. The summed E-state index contributed by atoms with van der Waals surface area (Å²) in [5, 5.41) is 8.14. The molecule has 0 aromatic rings. The second kappa shape index (κ2) is 1.74. The molecule has 0 aliphatic rings. The van der Waals surface area contributed by atoms with Crippen LogP contribution in [0.2, 0.25) is 0 Å². The molecule has 0 saturated carbocycles. The van der Waals surface area contributed by atoms with Gasteiger partial charge in [-0.05, 0) is 6.92 Å². The van der Waals surface area contributed by atoms with Crippen molar-refractivity contribution in [2.24, 2.45) is 0 Å². The summed E-state index contributed by atoms with van der Waals surface area (Å²) in [6.45, 7) is 1.73. The third-order valence-electron chi connectivity index (χ3n) is 0.734. The lowest BCUT2D eigenvalue weighted by Crippen LogP contribution is -2.26. The van der Waals surface area contributed by atoms with E-state index in [1.54, 1.807) is 0 Å². The van der Waals surface area contributed by atoms with E-state index in [4.69, 9.17) is 5.11 Å². The average molecular weight is 110 g/mol. The lowest BCUT2D eigenvalue weighted by atomic mass is 10.2. The molecule has 0 radical (unpaired) electrons. The van der Waals surface area contributed by atoms with Crippen molar-refractivity contribution in [3.05, 3.63) is 0 Å². The maximum Gasteiger partial charge on any atom is 0.270 e. The molecule has 3 heteroatoms. The number of halogens is 2. The monoisotopic (exact) mass is 110 g/mol. The van der Waals surface area contributed by atoms with Crippen LogP contribution in [0.1, 0.15) is 13.8 Å². The van der Waals surface area contributed by atoms with Crippen LogP contribution >= 0.6 is 0 Å². The topological polar surface area (TPSA) is 20.2 Å². The fourth-order valence-electron chi connectivity index (χ4n) is 0. The molecule has 0 aromatic carbocycles. The SMILES string of the molecule is C[C@H](O)C(C)(F)F. The Morgan fingerprint density at radius 1 is 1.57 bits per heavy atom. The summed E-state index contributed by atoms with van der Waals surface area (Å²) < 4.78 is 23.2. The van der Waals surface area contributed by atoms with Crippen LogP contribution in [-0.2, 0) is 0 Å². The van der Waals surface area contributed by atoms with Crippen LogP contribution in [0.25, 0.3) is 0 Å². The van der Waals surface area contributed by atoms with Crippen molar-refractivity contribution in [2.75, 3.05) is 0 Å². The van der Waals surface area contributed by atoms with Crippen molar-refractivity contribution in [3.63, 3.8) is 0 Å². The molecule has 0 aliphatic heterocycles. The number of aliphatic hydroxyl groups is 1. The molecule has 0 fully saturated rings. The minimum absolute atomic E-state index is 0.678. The molecule has 1 nitrogen and oxygen atoms in total. The zero-order chi connectivity index (χ0) is 6.08. The molecule has 0 aromatic heterocycles. The van der Waals surface area contributed by atoms with Crippen LogP contribution in [0.5, 0.6) is 0 Å². The first-order valence-corrected chi connectivity index (χ1v) is 2.00. The summed E-state index contributed by atoms with van der Waals surface area (Å²) in [6.07, 6.45) is -1.53. The minimum Gasteiger partial charge on any atom is -0.387 e. The summed E-state index contributed by atoms with van der Waals surface area (Å²) in [5.74, 6) is -2.94. The molecule has 0 unspecified atom stereocenters.